The van der Waals surface area contributed by atoms with Crippen LogP contribution in [0.25, 0.3) is 0 Å². The van der Waals surface area contributed by atoms with Gasteiger partial charge in [-0.05, 0) is 42.0 Å². The number of nitriles is 1. The fourth-order valence-electron chi connectivity index (χ4n) is 3.62. The van der Waals surface area contributed by atoms with E-state index in [2.05, 4.69) is 0 Å². The van der Waals surface area contributed by atoms with Gasteiger partial charge in [0.25, 0.3) is 0 Å². The van der Waals surface area contributed by atoms with E-state index in [-0.39, 0.29) is 30.6 Å². The van der Waals surface area contributed by atoms with E-state index in [1.807, 2.05) is 12.1 Å². The van der Waals surface area contributed by atoms with Crippen LogP contribution >= 0.6 is 0 Å². The van der Waals surface area contributed by atoms with Gasteiger partial charge in [0, 0.05) is 25.1 Å². The second-order valence-corrected chi connectivity index (χ2v) is 9.26. The van der Waals surface area contributed by atoms with E-state index >= 15 is 0 Å². The highest BCUT2D eigenvalue weighted by Gasteiger charge is 2.37. The number of sulfonamides is 1. The lowest BCUT2D eigenvalue weighted by atomic mass is 9.96. The van der Waals surface area contributed by atoms with Crippen molar-refractivity contribution in [3.63, 3.8) is 0 Å². The van der Waals surface area contributed by atoms with Crippen LogP contribution in [0.5, 0.6) is 0 Å². The van der Waals surface area contributed by atoms with Crippen molar-refractivity contribution in [2.24, 2.45) is 0 Å². The van der Waals surface area contributed by atoms with Gasteiger partial charge in [0.2, 0.25) is 10.0 Å². The van der Waals surface area contributed by atoms with Crippen LogP contribution < -0.4 is 0 Å². The van der Waals surface area contributed by atoms with Crippen LogP contribution in [-0.4, -0.2) is 19.3 Å². The summed E-state index contributed by atoms with van der Waals surface area (Å²) >= 11 is 0. The van der Waals surface area contributed by atoms with Crippen LogP contribution in [0.15, 0.2) is 42.5 Å². The Morgan fingerprint density at radius 1 is 1.21 bits per heavy atom. The van der Waals surface area contributed by atoms with Crippen LogP contribution in [0.2, 0.25) is 0 Å². The zero-order valence-electron chi connectivity index (χ0n) is 15.6. The van der Waals surface area contributed by atoms with Crippen LogP contribution in [0, 0.1) is 23.0 Å². The first-order chi connectivity index (χ1) is 13.3. The number of hydrogen-bond acceptors (Lipinski definition) is 3. The minimum absolute atomic E-state index is 0.00249. The first-order valence-corrected chi connectivity index (χ1v) is 10.7. The van der Waals surface area contributed by atoms with Gasteiger partial charge in [-0.3, -0.25) is 0 Å². The Kier molecular flexibility index (Phi) is 6.11. The molecule has 2 atom stereocenters. The topological polar surface area (TPSA) is 61.2 Å². The maximum Gasteiger partial charge on any atom is 0.221 e. The van der Waals surface area contributed by atoms with Gasteiger partial charge in [0.05, 0.1) is 6.07 Å². The first kappa shape index (κ1) is 20.4. The predicted molar refractivity (Wildman–Crippen MR) is 103 cm³/mol. The third kappa shape index (κ3) is 4.08. The molecule has 2 aromatic carbocycles. The van der Waals surface area contributed by atoms with E-state index < -0.39 is 32.8 Å². The van der Waals surface area contributed by atoms with Crippen molar-refractivity contribution in [2.75, 3.05) is 6.54 Å². The quantitative estimate of drug-likeness (QED) is 0.729. The molecule has 2 aromatic rings. The summed E-state index contributed by atoms with van der Waals surface area (Å²) < 4.78 is 56.4. The van der Waals surface area contributed by atoms with Crippen molar-refractivity contribution < 1.29 is 17.2 Å². The highest BCUT2D eigenvalue weighted by Crippen LogP contribution is 2.35. The molecule has 28 heavy (non-hydrogen) atoms. The average molecular weight is 404 g/mol. The summed E-state index contributed by atoms with van der Waals surface area (Å²) in [5.74, 6) is -1.71. The molecule has 1 aliphatic heterocycles. The third-order valence-corrected chi connectivity index (χ3v) is 7.46. The SMILES string of the molecule is CC(CC#N)c1cc(F)c(CN2CCC[C@H](c3ccccc3)S2(=O)=O)cc1F. The van der Waals surface area contributed by atoms with E-state index in [9.17, 15) is 17.2 Å². The van der Waals surface area contributed by atoms with Gasteiger partial charge in [-0.1, -0.05) is 37.3 Å². The van der Waals surface area contributed by atoms with Crippen LogP contribution in [0.1, 0.15) is 54.0 Å². The zero-order valence-corrected chi connectivity index (χ0v) is 16.4. The summed E-state index contributed by atoms with van der Waals surface area (Å²) in [5, 5.41) is 8.09. The normalized spacial score (nSPS) is 20.4. The fourth-order valence-corrected chi connectivity index (χ4v) is 5.65. The number of nitrogens with zero attached hydrogens (tertiary/aromatic N) is 2. The molecule has 0 amide bonds. The van der Waals surface area contributed by atoms with Crippen molar-refractivity contribution in [2.45, 2.75) is 43.9 Å². The second-order valence-electron chi connectivity index (χ2n) is 7.15. The van der Waals surface area contributed by atoms with Crippen molar-refractivity contribution in [3.8, 4) is 6.07 Å². The second kappa shape index (κ2) is 8.38. The highest BCUT2D eigenvalue weighted by molar-refractivity contribution is 7.89. The molecule has 1 unspecified atom stereocenters. The molecule has 1 saturated heterocycles. The maximum atomic E-state index is 14.6. The Labute approximate surface area is 164 Å². The van der Waals surface area contributed by atoms with Gasteiger partial charge in [-0.25, -0.2) is 17.2 Å². The maximum absolute atomic E-state index is 14.6. The van der Waals surface area contributed by atoms with Crippen molar-refractivity contribution in [3.05, 3.63) is 70.8 Å². The fraction of sp³-hybridized carbons (Fsp3) is 0.381. The molecule has 0 spiro atoms. The van der Waals surface area contributed by atoms with Gasteiger partial charge in [0.15, 0.2) is 0 Å². The number of hydrogen-bond donors (Lipinski definition) is 0. The Bertz CT molecular complexity index is 987. The van der Waals surface area contributed by atoms with E-state index in [1.165, 1.54) is 4.31 Å². The summed E-state index contributed by atoms with van der Waals surface area (Å²) in [4.78, 5) is 0. The molecule has 0 aliphatic carbocycles. The molecule has 0 aromatic heterocycles. The van der Waals surface area contributed by atoms with Gasteiger partial charge in [0.1, 0.15) is 16.9 Å². The summed E-state index contributed by atoms with van der Waals surface area (Å²) in [7, 11) is -3.68. The van der Waals surface area contributed by atoms with Crippen molar-refractivity contribution in [1.82, 2.24) is 4.31 Å². The molecular formula is C21H22F2N2O2S. The first-order valence-electron chi connectivity index (χ1n) is 9.23. The Morgan fingerprint density at radius 3 is 2.61 bits per heavy atom. The summed E-state index contributed by atoms with van der Waals surface area (Å²) in [6.45, 7) is 1.72. The van der Waals surface area contributed by atoms with Crippen molar-refractivity contribution in [1.29, 1.82) is 5.26 Å². The minimum Gasteiger partial charge on any atom is -0.212 e. The number of benzene rings is 2. The Hall–Kier alpha value is -2.30. The molecule has 0 bridgehead atoms. The predicted octanol–water partition coefficient (Wildman–Crippen LogP) is 4.65. The van der Waals surface area contributed by atoms with Crippen LogP contribution in [0.3, 0.4) is 0 Å². The Morgan fingerprint density at radius 2 is 1.93 bits per heavy atom. The lowest BCUT2D eigenvalue weighted by Gasteiger charge is -2.32. The minimum atomic E-state index is -3.68. The molecule has 0 radical (unpaired) electrons. The van der Waals surface area contributed by atoms with E-state index in [1.54, 1.807) is 31.2 Å². The molecule has 1 aliphatic rings. The highest BCUT2D eigenvalue weighted by atomic mass is 32.2. The molecule has 1 fully saturated rings. The van der Waals surface area contributed by atoms with Gasteiger partial charge >= 0.3 is 0 Å². The van der Waals surface area contributed by atoms with Gasteiger partial charge in [-0.2, -0.15) is 9.57 Å². The molecule has 0 N–H and O–H groups in total. The monoisotopic (exact) mass is 404 g/mol. The summed E-state index contributed by atoms with van der Waals surface area (Å²) in [6.07, 6.45) is 1.24. The summed E-state index contributed by atoms with van der Waals surface area (Å²) in [5.41, 5.74) is 0.841. The number of halogens is 2. The molecule has 148 valence electrons. The Balaban J connectivity index is 1.87. The van der Waals surface area contributed by atoms with Crippen molar-refractivity contribution >= 4 is 10.0 Å². The van der Waals surface area contributed by atoms with Crippen LogP contribution in [0.4, 0.5) is 8.78 Å². The molecule has 1 heterocycles. The van der Waals surface area contributed by atoms with Crippen LogP contribution in [-0.2, 0) is 16.6 Å². The third-order valence-electron chi connectivity index (χ3n) is 5.21. The summed E-state index contributed by atoms with van der Waals surface area (Å²) in [6, 6.07) is 13.0. The van der Waals surface area contributed by atoms with Gasteiger partial charge < -0.3 is 0 Å². The number of rotatable bonds is 5. The molecular weight excluding hydrogens is 382 g/mol. The molecule has 0 saturated carbocycles. The smallest absolute Gasteiger partial charge is 0.212 e. The lowest BCUT2D eigenvalue weighted by Crippen LogP contribution is -2.39. The van der Waals surface area contributed by atoms with E-state index in [0.717, 1.165) is 12.1 Å². The molecule has 7 heteroatoms. The largest absolute Gasteiger partial charge is 0.221 e. The van der Waals surface area contributed by atoms with E-state index in [0.29, 0.717) is 18.4 Å². The van der Waals surface area contributed by atoms with Gasteiger partial charge in [-0.15, -0.1) is 0 Å². The van der Waals surface area contributed by atoms with E-state index in [4.69, 9.17) is 5.26 Å². The average Bonchev–Trinajstić information content (AvgIpc) is 2.66. The zero-order chi connectivity index (χ0) is 20.3. The molecule has 4 nitrogen and oxygen atoms in total. The standard InChI is InChI=1S/C21H22F2N2O2S/c1-15(9-10-24)18-13-19(22)17(12-20(18)23)14-25-11-5-8-21(28(25,26)27)16-6-3-2-4-7-16/h2-4,6-7,12-13,15,21H,5,8-9,11,14H2,1H3/t15?,21-/m1/s1. The molecule has 3 rings (SSSR count). The lowest BCUT2D eigenvalue weighted by molar-refractivity contribution is 0.354.